The molecule has 0 saturated carbocycles. The van der Waals surface area contributed by atoms with Gasteiger partial charge in [-0.1, -0.05) is 40.5 Å². The summed E-state index contributed by atoms with van der Waals surface area (Å²) in [5, 5.41) is 0. The van der Waals surface area contributed by atoms with E-state index in [1.165, 1.54) is 0 Å². The Balaban J connectivity index is 3.56. The zero-order chi connectivity index (χ0) is 15.8. The molecule has 8 heteroatoms. The lowest BCUT2D eigenvalue weighted by atomic mass is 10.2. The maximum Gasteiger partial charge on any atom is 0.137 e. The third-order valence-electron chi connectivity index (χ3n) is 2.85. The smallest absolute Gasteiger partial charge is 0.137 e. The first kappa shape index (κ1) is 20.3. The summed E-state index contributed by atoms with van der Waals surface area (Å²) in [6, 6.07) is 0. The van der Waals surface area contributed by atoms with Crippen molar-refractivity contribution in [3.63, 3.8) is 0 Å². The molecule has 2 atom stereocenters. The van der Waals surface area contributed by atoms with Gasteiger partial charge in [-0.25, -0.2) is 0 Å². The molecular weight excluding hydrogens is 302 g/mol. The maximum absolute atomic E-state index is 11.4. The minimum Gasteiger partial charge on any atom is -0.778 e. The molecule has 0 N–H and O–H groups in total. The molecule has 0 radical (unpaired) electrons. The maximum atomic E-state index is 11.4. The van der Waals surface area contributed by atoms with Crippen molar-refractivity contribution >= 4 is 15.2 Å². The van der Waals surface area contributed by atoms with Crippen LogP contribution in [0.5, 0.6) is 0 Å². The van der Waals surface area contributed by atoms with Crippen molar-refractivity contribution in [2.45, 2.75) is 64.7 Å². The minimum atomic E-state index is -3.71. The molecule has 0 aliphatic heterocycles. The minimum absolute atomic E-state index is 0.186. The molecule has 0 aliphatic carbocycles. The van der Waals surface area contributed by atoms with Gasteiger partial charge in [0.05, 0.1) is 13.2 Å². The van der Waals surface area contributed by atoms with Crippen LogP contribution in [0.1, 0.15) is 53.4 Å². The van der Waals surface area contributed by atoms with Crippen LogP contribution in [0.3, 0.4) is 0 Å². The van der Waals surface area contributed by atoms with Gasteiger partial charge in [-0.3, -0.25) is 0 Å². The Bertz CT molecular complexity index is 322. The van der Waals surface area contributed by atoms with Crippen LogP contribution in [0.15, 0.2) is 0 Å². The molecule has 0 heterocycles. The molecule has 122 valence electrons. The normalized spacial score (nSPS) is 18.2. The van der Waals surface area contributed by atoms with Crippen LogP contribution in [0.2, 0.25) is 0 Å². The summed E-state index contributed by atoms with van der Waals surface area (Å²) in [4.78, 5) is 22.7. The van der Waals surface area contributed by atoms with Gasteiger partial charge in [0, 0.05) is 11.3 Å². The van der Waals surface area contributed by atoms with Crippen molar-refractivity contribution in [2.24, 2.45) is 0 Å². The van der Waals surface area contributed by atoms with Gasteiger partial charge in [0.25, 0.3) is 0 Å². The van der Waals surface area contributed by atoms with E-state index in [-0.39, 0.29) is 13.2 Å². The fraction of sp³-hybridized carbons (Fsp3) is 1.00. The third kappa shape index (κ3) is 8.56. The summed E-state index contributed by atoms with van der Waals surface area (Å²) in [7, 11) is -7.42. The molecule has 0 rings (SSSR count). The standard InChI is InChI=1S/C12H28O6P2/c1-11(2)19(13,14)17-9-7-5-6-8-10-18-20(15,16)12(3)4/h11-12H,5-10H2,1-4H3,(H,13,14)(H,15,16)/p-2. The molecule has 0 fully saturated rings. The Labute approximate surface area is 121 Å². The first-order valence-electron chi connectivity index (χ1n) is 7.00. The number of unbranched alkanes of at least 4 members (excludes halogenated alkanes) is 3. The van der Waals surface area contributed by atoms with E-state index in [1.54, 1.807) is 27.7 Å². The molecule has 2 unspecified atom stereocenters. The number of hydrogen-bond donors (Lipinski definition) is 0. The van der Waals surface area contributed by atoms with Crippen molar-refractivity contribution in [2.75, 3.05) is 13.2 Å². The molecule has 0 aromatic carbocycles. The third-order valence-corrected chi connectivity index (χ3v) is 6.46. The van der Waals surface area contributed by atoms with Gasteiger partial charge in [0.2, 0.25) is 0 Å². The molecule has 6 nitrogen and oxygen atoms in total. The zero-order valence-electron chi connectivity index (χ0n) is 12.7. The lowest BCUT2D eigenvalue weighted by Gasteiger charge is -2.27. The fourth-order valence-corrected chi connectivity index (χ4v) is 2.60. The van der Waals surface area contributed by atoms with Crippen LogP contribution in [-0.4, -0.2) is 24.5 Å². The highest BCUT2D eigenvalue weighted by Crippen LogP contribution is 2.43. The van der Waals surface area contributed by atoms with Gasteiger partial charge < -0.3 is 28.0 Å². The average Bonchev–Trinajstić information content (AvgIpc) is 2.31. The lowest BCUT2D eigenvalue weighted by molar-refractivity contribution is -0.202. The number of rotatable bonds is 11. The van der Waals surface area contributed by atoms with Gasteiger partial charge in [-0.05, 0) is 12.8 Å². The van der Waals surface area contributed by atoms with Crippen LogP contribution in [0.4, 0.5) is 0 Å². The highest BCUT2D eigenvalue weighted by atomic mass is 31.2. The van der Waals surface area contributed by atoms with E-state index in [4.69, 9.17) is 9.05 Å². The Kier molecular flexibility index (Phi) is 9.48. The molecule has 0 saturated heterocycles. The second kappa shape index (κ2) is 9.34. The Morgan fingerprint density at radius 3 is 1.30 bits per heavy atom. The molecular formula is C12H26O6P2-2. The van der Waals surface area contributed by atoms with Crippen LogP contribution < -0.4 is 9.79 Å². The van der Waals surface area contributed by atoms with E-state index in [0.717, 1.165) is 12.8 Å². The summed E-state index contributed by atoms with van der Waals surface area (Å²) in [6.07, 6.45) is 2.84. The summed E-state index contributed by atoms with van der Waals surface area (Å²) >= 11 is 0. The molecule has 20 heavy (non-hydrogen) atoms. The monoisotopic (exact) mass is 328 g/mol. The second-order valence-electron chi connectivity index (χ2n) is 5.35. The first-order chi connectivity index (χ1) is 9.09. The summed E-state index contributed by atoms with van der Waals surface area (Å²) < 4.78 is 32.4. The van der Waals surface area contributed by atoms with E-state index in [0.29, 0.717) is 12.8 Å². The van der Waals surface area contributed by atoms with E-state index >= 15 is 0 Å². The summed E-state index contributed by atoms with van der Waals surface area (Å²) in [5.74, 6) is 0. The van der Waals surface area contributed by atoms with Crippen molar-refractivity contribution in [1.29, 1.82) is 0 Å². The van der Waals surface area contributed by atoms with Crippen LogP contribution in [-0.2, 0) is 18.2 Å². The van der Waals surface area contributed by atoms with Crippen molar-refractivity contribution in [3.8, 4) is 0 Å². The van der Waals surface area contributed by atoms with E-state index < -0.39 is 26.5 Å². The highest BCUT2D eigenvalue weighted by Gasteiger charge is 2.14. The Hall–Kier alpha value is 0.300. The van der Waals surface area contributed by atoms with E-state index in [9.17, 15) is 18.9 Å². The molecule has 0 aromatic heterocycles. The average molecular weight is 328 g/mol. The lowest BCUT2D eigenvalue weighted by Crippen LogP contribution is -2.14. The van der Waals surface area contributed by atoms with E-state index in [1.807, 2.05) is 0 Å². The second-order valence-corrected chi connectivity index (χ2v) is 10.1. The summed E-state index contributed by atoms with van der Waals surface area (Å²) in [6.45, 7) is 6.71. The van der Waals surface area contributed by atoms with Gasteiger partial charge in [0.1, 0.15) is 15.2 Å². The topological polar surface area (TPSA) is 98.7 Å². The van der Waals surface area contributed by atoms with Crippen LogP contribution in [0.25, 0.3) is 0 Å². The van der Waals surface area contributed by atoms with Crippen LogP contribution >= 0.6 is 15.2 Å². The van der Waals surface area contributed by atoms with Crippen molar-refractivity contribution < 1.29 is 28.0 Å². The van der Waals surface area contributed by atoms with E-state index in [2.05, 4.69) is 0 Å². The SMILES string of the molecule is CC(C)P(=O)([O-])OCCCCCCOP(=O)([O-])C(C)C. The quantitative estimate of drug-likeness (QED) is 0.427. The van der Waals surface area contributed by atoms with Gasteiger partial charge in [-0.15, -0.1) is 0 Å². The largest absolute Gasteiger partial charge is 0.778 e. The van der Waals surface area contributed by atoms with Crippen molar-refractivity contribution in [1.82, 2.24) is 0 Å². The van der Waals surface area contributed by atoms with Crippen molar-refractivity contribution in [3.05, 3.63) is 0 Å². The predicted octanol–water partition coefficient (Wildman–Crippen LogP) is 2.50. The Morgan fingerprint density at radius 1 is 0.750 bits per heavy atom. The van der Waals surface area contributed by atoms with Gasteiger partial charge >= 0.3 is 0 Å². The highest BCUT2D eigenvalue weighted by molar-refractivity contribution is 7.52. The fourth-order valence-electron chi connectivity index (χ4n) is 1.24. The van der Waals surface area contributed by atoms with Crippen LogP contribution in [0, 0.1) is 0 Å². The van der Waals surface area contributed by atoms with Gasteiger partial charge in [-0.2, -0.15) is 0 Å². The van der Waals surface area contributed by atoms with Gasteiger partial charge in [0.15, 0.2) is 0 Å². The molecule has 0 spiro atoms. The first-order valence-corrected chi connectivity index (χ1v) is 10.2. The molecule has 0 aromatic rings. The Morgan fingerprint density at radius 2 is 1.05 bits per heavy atom. The number of hydrogen-bond acceptors (Lipinski definition) is 6. The zero-order valence-corrected chi connectivity index (χ0v) is 14.5. The molecule has 0 amide bonds. The molecule has 0 bridgehead atoms. The summed E-state index contributed by atoms with van der Waals surface area (Å²) in [5.41, 5.74) is -1.00. The molecule has 0 aliphatic rings. The predicted molar refractivity (Wildman–Crippen MR) is 75.9 cm³/mol.